The van der Waals surface area contributed by atoms with Crippen molar-refractivity contribution < 1.29 is 19.0 Å². The Morgan fingerprint density at radius 2 is 2.00 bits per heavy atom. The van der Waals surface area contributed by atoms with Gasteiger partial charge in [0, 0.05) is 22.6 Å². The number of methoxy groups -OCH3 is 2. The standard InChI is InChI=1S/C21H22N2O5S/c1-11-13(3)29-21-18(11)20(25)22-19(23-21)12(2)28-17(24)9-7-14-6-8-15(26-4)10-16(14)27-5/h6-10,12H,1-5H3,(H,22,23,25)/b9-7+. The number of nitrogens with one attached hydrogen (secondary N) is 1. The molecule has 0 saturated heterocycles. The van der Waals surface area contributed by atoms with Crippen LogP contribution in [0.3, 0.4) is 0 Å². The predicted molar refractivity (Wildman–Crippen MR) is 113 cm³/mol. The summed E-state index contributed by atoms with van der Waals surface area (Å²) >= 11 is 1.45. The van der Waals surface area contributed by atoms with Crippen molar-refractivity contribution >= 4 is 33.6 Å². The van der Waals surface area contributed by atoms with E-state index >= 15 is 0 Å². The van der Waals surface area contributed by atoms with Crippen LogP contribution in [-0.4, -0.2) is 30.2 Å². The maximum absolute atomic E-state index is 12.4. The molecular formula is C21H22N2O5S. The molecule has 0 spiro atoms. The summed E-state index contributed by atoms with van der Waals surface area (Å²) in [5.74, 6) is 0.977. The number of esters is 1. The first-order valence-corrected chi connectivity index (χ1v) is 9.76. The number of fused-ring (bicyclic) bond motifs is 1. The van der Waals surface area contributed by atoms with Crippen LogP contribution in [0, 0.1) is 13.8 Å². The van der Waals surface area contributed by atoms with Crippen LogP contribution < -0.4 is 15.0 Å². The second kappa shape index (κ2) is 8.48. The molecule has 2 heterocycles. The molecule has 1 atom stereocenters. The van der Waals surface area contributed by atoms with E-state index in [1.54, 1.807) is 45.4 Å². The molecule has 0 aliphatic heterocycles. The quantitative estimate of drug-likeness (QED) is 0.485. The second-order valence-corrected chi connectivity index (χ2v) is 7.64. The zero-order valence-electron chi connectivity index (χ0n) is 16.9. The van der Waals surface area contributed by atoms with Crippen molar-refractivity contribution in [3.8, 4) is 11.5 Å². The molecule has 2 aromatic heterocycles. The minimum absolute atomic E-state index is 0.228. The lowest BCUT2D eigenvalue weighted by molar-refractivity contribution is -0.142. The minimum Gasteiger partial charge on any atom is -0.497 e. The predicted octanol–water partition coefficient (Wildman–Crippen LogP) is 3.94. The first-order chi connectivity index (χ1) is 13.8. The van der Waals surface area contributed by atoms with Crippen molar-refractivity contribution in [3.63, 3.8) is 0 Å². The molecule has 0 aliphatic carbocycles. The van der Waals surface area contributed by atoms with Crippen molar-refractivity contribution in [3.05, 3.63) is 56.5 Å². The number of rotatable bonds is 6. The summed E-state index contributed by atoms with van der Waals surface area (Å²) in [6, 6.07) is 5.27. The zero-order chi connectivity index (χ0) is 21.1. The number of aromatic nitrogens is 2. The summed E-state index contributed by atoms with van der Waals surface area (Å²) < 4.78 is 15.9. The highest BCUT2D eigenvalue weighted by Crippen LogP contribution is 2.27. The smallest absolute Gasteiger partial charge is 0.331 e. The molecule has 0 aliphatic rings. The van der Waals surface area contributed by atoms with Gasteiger partial charge in [-0.1, -0.05) is 0 Å². The Balaban J connectivity index is 1.76. The molecule has 0 bridgehead atoms. The van der Waals surface area contributed by atoms with Crippen molar-refractivity contribution in [2.45, 2.75) is 26.9 Å². The van der Waals surface area contributed by atoms with Gasteiger partial charge in [-0.05, 0) is 44.5 Å². The number of ether oxygens (including phenoxy) is 3. The fraction of sp³-hybridized carbons (Fsp3) is 0.286. The average molecular weight is 414 g/mol. The van der Waals surface area contributed by atoms with Gasteiger partial charge in [0.15, 0.2) is 11.9 Å². The third-order valence-corrected chi connectivity index (χ3v) is 5.68. The lowest BCUT2D eigenvalue weighted by Gasteiger charge is -2.11. The molecule has 1 N–H and O–H groups in total. The summed E-state index contributed by atoms with van der Waals surface area (Å²) in [5.41, 5.74) is 1.40. The van der Waals surface area contributed by atoms with E-state index in [4.69, 9.17) is 14.2 Å². The van der Waals surface area contributed by atoms with Gasteiger partial charge in [-0.15, -0.1) is 11.3 Å². The van der Waals surface area contributed by atoms with Crippen LogP contribution in [0.1, 0.15) is 34.9 Å². The molecule has 29 heavy (non-hydrogen) atoms. The summed E-state index contributed by atoms with van der Waals surface area (Å²) in [6.07, 6.45) is 2.19. The third kappa shape index (κ3) is 4.32. The maximum atomic E-state index is 12.4. The lowest BCUT2D eigenvalue weighted by Crippen LogP contribution is -2.16. The number of carbonyl (C=O) groups excluding carboxylic acids is 1. The highest BCUT2D eigenvalue weighted by Gasteiger charge is 2.17. The minimum atomic E-state index is -0.704. The average Bonchev–Trinajstić information content (AvgIpc) is 3.00. The highest BCUT2D eigenvalue weighted by atomic mass is 32.1. The molecule has 8 heteroatoms. The maximum Gasteiger partial charge on any atom is 0.331 e. The summed E-state index contributed by atoms with van der Waals surface area (Å²) in [6.45, 7) is 5.51. The van der Waals surface area contributed by atoms with E-state index in [-0.39, 0.29) is 5.56 Å². The van der Waals surface area contributed by atoms with Gasteiger partial charge in [-0.25, -0.2) is 9.78 Å². The van der Waals surface area contributed by atoms with Crippen LogP contribution in [0.5, 0.6) is 11.5 Å². The Morgan fingerprint density at radius 3 is 2.69 bits per heavy atom. The molecule has 0 fully saturated rings. The van der Waals surface area contributed by atoms with Crippen LogP contribution in [0.15, 0.2) is 29.1 Å². The molecule has 3 rings (SSSR count). The van der Waals surface area contributed by atoms with E-state index in [1.807, 2.05) is 13.8 Å². The number of aryl methyl sites for hydroxylation is 2. The first kappa shape index (κ1) is 20.6. The Kier molecular flexibility index (Phi) is 6.03. The molecule has 0 saturated carbocycles. The van der Waals surface area contributed by atoms with Crippen molar-refractivity contribution in [2.75, 3.05) is 14.2 Å². The zero-order valence-corrected chi connectivity index (χ0v) is 17.7. The van der Waals surface area contributed by atoms with Crippen LogP contribution in [0.2, 0.25) is 0 Å². The number of hydrogen-bond acceptors (Lipinski definition) is 7. The Morgan fingerprint density at radius 1 is 1.24 bits per heavy atom. The summed E-state index contributed by atoms with van der Waals surface area (Å²) in [7, 11) is 3.11. The summed E-state index contributed by atoms with van der Waals surface area (Å²) in [5, 5.41) is 0.585. The fourth-order valence-electron chi connectivity index (χ4n) is 2.85. The number of carbonyl (C=O) groups is 1. The van der Waals surface area contributed by atoms with Gasteiger partial charge in [0.1, 0.15) is 16.3 Å². The molecule has 1 unspecified atom stereocenters. The lowest BCUT2D eigenvalue weighted by atomic mass is 10.1. The van der Waals surface area contributed by atoms with Crippen molar-refractivity contribution in [2.24, 2.45) is 0 Å². The molecule has 7 nitrogen and oxygen atoms in total. The molecule has 3 aromatic rings. The second-order valence-electron chi connectivity index (χ2n) is 6.43. The molecule has 0 radical (unpaired) electrons. The Hall–Kier alpha value is -3.13. The van der Waals surface area contributed by atoms with Gasteiger partial charge in [0.2, 0.25) is 0 Å². The molecule has 1 aromatic carbocycles. The number of thiophene rings is 1. The number of hydrogen-bond donors (Lipinski definition) is 1. The van der Waals surface area contributed by atoms with Crippen LogP contribution >= 0.6 is 11.3 Å². The summed E-state index contributed by atoms with van der Waals surface area (Å²) in [4.78, 5) is 33.5. The number of benzene rings is 1. The van der Waals surface area contributed by atoms with Gasteiger partial charge in [0.05, 0.1) is 19.6 Å². The molecular weight excluding hydrogens is 392 g/mol. The van der Waals surface area contributed by atoms with Crippen molar-refractivity contribution in [1.82, 2.24) is 9.97 Å². The largest absolute Gasteiger partial charge is 0.497 e. The van der Waals surface area contributed by atoms with Gasteiger partial charge in [0.25, 0.3) is 5.56 Å². The number of aromatic amines is 1. The first-order valence-electron chi connectivity index (χ1n) is 8.94. The normalized spacial score (nSPS) is 12.3. The fourth-order valence-corrected chi connectivity index (χ4v) is 3.88. The van der Waals surface area contributed by atoms with Crippen molar-refractivity contribution in [1.29, 1.82) is 0 Å². The Bertz CT molecular complexity index is 1150. The van der Waals surface area contributed by atoms with E-state index in [0.717, 1.165) is 10.4 Å². The Labute approximate surface area is 172 Å². The SMILES string of the molecule is COc1ccc(/C=C/C(=O)OC(C)c2nc3sc(C)c(C)c3c(=O)[nH]2)c(OC)c1. The van der Waals surface area contributed by atoms with Crippen LogP contribution in [0.25, 0.3) is 16.3 Å². The number of H-pyrrole nitrogens is 1. The van der Waals surface area contributed by atoms with E-state index in [9.17, 15) is 9.59 Å². The van der Waals surface area contributed by atoms with E-state index in [1.165, 1.54) is 17.4 Å². The van der Waals surface area contributed by atoms with E-state index < -0.39 is 12.1 Å². The number of nitrogens with zero attached hydrogens (tertiary/aromatic N) is 1. The highest BCUT2D eigenvalue weighted by molar-refractivity contribution is 7.18. The van der Waals surface area contributed by atoms with E-state index in [0.29, 0.717) is 33.1 Å². The molecule has 0 amide bonds. The topological polar surface area (TPSA) is 90.5 Å². The van der Waals surface area contributed by atoms with Crippen LogP contribution in [-0.2, 0) is 9.53 Å². The van der Waals surface area contributed by atoms with Gasteiger partial charge in [-0.2, -0.15) is 0 Å². The van der Waals surface area contributed by atoms with Gasteiger partial charge >= 0.3 is 5.97 Å². The van der Waals surface area contributed by atoms with Crippen LogP contribution in [0.4, 0.5) is 0 Å². The van der Waals surface area contributed by atoms with E-state index in [2.05, 4.69) is 9.97 Å². The monoisotopic (exact) mass is 414 g/mol. The third-order valence-electron chi connectivity index (χ3n) is 4.58. The van der Waals surface area contributed by atoms with Gasteiger partial charge < -0.3 is 19.2 Å². The molecule has 152 valence electrons. The van der Waals surface area contributed by atoms with Gasteiger partial charge in [-0.3, -0.25) is 4.79 Å².